The van der Waals surface area contributed by atoms with E-state index in [1.165, 1.54) is 11.3 Å². The summed E-state index contributed by atoms with van der Waals surface area (Å²) in [6, 6.07) is 7.16. The maximum absolute atomic E-state index is 12.4. The van der Waals surface area contributed by atoms with E-state index in [-0.39, 0.29) is 11.8 Å². The van der Waals surface area contributed by atoms with Crippen LogP contribution in [0, 0.1) is 0 Å². The van der Waals surface area contributed by atoms with E-state index in [2.05, 4.69) is 10.6 Å². The van der Waals surface area contributed by atoms with E-state index in [1.807, 2.05) is 24.3 Å². The minimum Gasteiger partial charge on any atom is -0.354 e. The summed E-state index contributed by atoms with van der Waals surface area (Å²) in [6.07, 6.45) is 2.53. The highest BCUT2D eigenvalue weighted by Gasteiger charge is 2.25. The number of benzene rings is 1. The van der Waals surface area contributed by atoms with Gasteiger partial charge in [0, 0.05) is 16.6 Å². The number of nitrogens with one attached hydrogen (secondary N) is 2. The topological polar surface area (TPSA) is 58.2 Å². The Balaban J connectivity index is 1.83. The van der Waals surface area contributed by atoms with Crippen molar-refractivity contribution in [2.75, 3.05) is 6.54 Å². The van der Waals surface area contributed by atoms with E-state index in [0.717, 1.165) is 22.9 Å². The predicted octanol–water partition coefficient (Wildman–Crippen LogP) is 2.95. The van der Waals surface area contributed by atoms with Gasteiger partial charge in [0.2, 0.25) is 5.91 Å². The monoisotopic (exact) mass is 322 g/mol. The summed E-state index contributed by atoms with van der Waals surface area (Å²) in [4.78, 5) is 24.7. The van der Waals surface area contributed by atoms with Crippen LogP contribution in [0.5, 0.6) is 0 Å². The second kappa shape index (κ2) is 6.03. The molecule has 2 heterocycles. The second-order valence-corrected chi connectivity index (χ2v) is 6.48. The molecule has 6 heteroatoms. The van der Waals surface area contributed by atoms with Gasteiger partial charge in [-0.25, -0.2) is 0 Å². The molecule has 110 valence electrons. The van der Waals surface area contributed by atoms with Gasteiger partial charge in [-0.2, -0.15) is 0 Å². The Morgan fingerprint density at radius 2 is 2.14 bits per heavy atom. The molecule has 0 spiro atoms. The number of rotatable bonds is 2. The van der Waals surface area contributed by atoms with E-state index in [0.29, 0.717) is 22.9 Å². The van der Waals surface area contributed by atoms with Gasteiger partial charge in [-0.05, 0) is 25.3 Å². The third-order valence-electron chi connectivity index (χ3n) is 3.58. The van der Waals surface area contributed by atoms with Crippen molar-refractivity contribution in [3.05, 3.63) is 34.2 Å². The van der Waals surface area contributed by atoms with E-state index >= 15 is 0 Å². The third-order valence-corrected chi connectivity index (χ3v) is 5.26. The average molecular weight is 323 g/mol. The smallest absolute Gasteiger partial charge is 0.263 e. The lowest BCUT2D eigenvalue weighted by Gasteiger charge is -2.14. The summed E-state index contributed by atoms with van der Waals surface area (Å²) in [5.41, 5.74) is 0. The largest absolute Gasteiger partial charge is 0.354 e. The molecular formula is C15H15ClN2O2S. The van der Waals surface area contributed by atoms with Gasteiger partial charge in [0.1, 0.15) is 10.9 Å². The number of hydrogen-bond acceptors (Lipinski definition) is 3. The summed E-state index contributed by atoms with van der Waals surface area (Å²) in [6.45, 7) is 0.675. The summed E-state index contributed by atoms with van der Waals surface area (Å²) in [5.74, 6) is -0.388. The molecule has 1 aliphatic rings. The van der Waals surface area contributed by atoms with Gasteiger partial charge in [-0.1, -0.05) is 29.8 Å². The molecule has 2 amide bonds. The quantitative estimate of drug-likeness (QED) is 0.893. The van der Waals surface area contributed by atoms with Gasteiger partial charge in [0.15, 0.2) is 0 Å². The van der Waals surface area contributed by atoms with Crippen LogP contribution >= 0.6 is 22.9 Å². The highest BCUT2D eigenvalue weighted by Crippen LogP contribution is 2.35. The van der Waals surface area contributed by atoms with Gasteiger partial charge < -0.3 is 10.6 Å². The molecule has 0 aliphatic carbocycles. The van der Waals surface area contributed by atoms with Crippen molar-refractivity contribution in [3.8, 4) is 0 Å². The molecule has 1 fully saturated rings. The predicted molar refractivity (Wildman–Crippen MR) is 84.9 cm³/mol. The maximum atomic E-state index is 12.4. The fourth-order valence-corrected chi connectivity index (χ4v) is 3.88. The molecule has 0 unspecified atom stereocenters. The first-order valence-electron chi connectivity index (χ1n) is 6.92. The normalized spacial score (nSPS) is 19.1. The number of carbonyl (C=O) groups excluding carboxylic acids is 2. The number of thiophene rings is 1. The molecule has 2 N–H and O–H groups in total. The molecule has 0 radical (unpaired) electrons. The van der Waals surface area contributed by atoms with Crippen molar-refractivity contribution in [3.63, 3.8) is 0 Å². The average Bonchev–Trinajstić information content (AvgIpc) is 2.69. The maximum Gasteiger partial charge on any atom is 0.263 e. The van der Waals surface area contributed by atoms with E-state index in [9.17, 15) is 9.59 Å². The summed E-state index contributed by atoms with van der Waals surface area (Å²) in [5, 5.41) is 6.95. The Kier molecular flexibility index (Phi) is 4.12. The van der Waals surface area contributed by atoms with Crippen molar-refractivity contribution >= 4 is 44.8 Å². The minimum atomic E-state index is -0.471. The van der Waals surface area contributed by atoms with Crippen LogP contribution in [-0.2, 0) is 4.79 Å². The van der Waals surface area contributed by atoms with E-state index < -0.39 is 6.04 Å². The minimum absolute atomic E-state index is 0.113. The number of amides is 2. The van der Waals surface area contributed by atoms with Crippen molar-refractivity contribution in [2.45, 2.75) is 25.3 Å². The molecular weight excluding hydrogens is 308 g/mol. The number of fused-ring (bicyclic) bond motifs is 1. The first-order valence-corrected chi connectivity index (χ1v) is 8.12. The molecule has 1 aliphatic heterocycles. The first kappa shape index (κ1) is 14.4. The molecule has 0 bridgehead atoms. The van der Waals surface area contributed by atoms with Crippen LogP contribution in [0.3, 0.4) is 0 Å². The van der Waals surface area contributed by atoms with Crippen LogP contribution in [0.4, 0.5) is 0 Å². The SMILES string of the molecule is O=C(N[C@@H]1CCCCNC1=O)c1sc2ccccc2c1Cl. The zero-order valence-electron chi connectivity index (χ0n) is 11.3. The lowest BCUT2D eigenvalue weighted by atomic mass is 10.1. The zero-order chi connectivity index (χ0) is 14.8. The van der Waals surface area contributed by atoms with Crippen LogP contribution in [-0.4, -0.2) is 24.4 Å². The van der Waals surface area contributed by atoms with Crippen LogP contribution < -0.4 is 10.6 Å². The molecule has 1 saturated heterocycles. The molecule has 3 rings (SSSR count). The summed E-state index contributed by atoms with van der Waals surface area (Å²) in [7, 11) is 0. The lowest BCUT2D eigenvalue weighted by molar-refractivity contribution is -0.122. The van der Waals surface area contributed by atoms with E-state index in [4.69, 9.17) is 11.6 Å². The van der Waals surface area contributed by atoms with E-state index in [1.54, 1.807) is 0 Å². The van der Waals surface area contributed by atoms with Crippen LogP contribution in [0.15, 0.2) is 24.3 Å². The number of hydrogen-bond donors (Lipinski definition) is 2. The summed E-state index contributed by atoms with van der Waals surface area (Å²) < 4.78 is 0.970. The molecule has 2 aromatic rings. The Morgan fingerprint density at radius 1 is 1.33 bits per heavy atom. The van der Waals surface area contributed by atoms with Crippen molar-refractivity contribution in [2.24, 2.45) is 0 Å². The fourth-order valence-electron chi connectivity index (χ4n) is 2.46. The summed E-state index contributed by atoms with van der Waals surface area (Å²) >= 11 is 7.64. The number of carbonyl (C=O) groups is 2. The molecule has 1 atom stereocenters. The Bertz CT molecular complexity index is 698. The van der Waals surface area contributed by atoms with Crippen LogP contribution in [0.1, 0.15) is 28.9 Å². The standard InChI is InChI=1S/C15H15ClN2O2S/c16-12-9-5-1-2-7-11(9)21-13(12)15(20)18-10-6-3-4-8-17-14(10)19/h1-2,5,7,10H,3-4,6,8H2,(H,17,19)(H,18,20)/t10-/m1/s1. The number of halogens is 1. The van der Waals surface area contributed by atoms with Crippen molar-refractivity contribution in [1.82, 2.24) is 10.6 Å². The Hall–Kier alpha value is -1.59. The molecule has 0 saturated carbocycles. The van der Waals surface area contributed by atoms with Gasteiger partial charge in [0.25, 0.3) is 5.91 Å². The van der Waals surface area contributed by atoms with Crippen LogP contribution in [0.2, 0.25) is 5.02 Å². The molecule has 1 aromatic heterocycles. The van der Waals surface area contributed by atoms with Gasteiger partial charge in [0.05, 0.1) is 5.02 Å². The third kappa shape index (κ3) is 2.89. The zero-order valence-corrected chi connectivity index (χ0v) is 12.9. The van der Waals surface area contributed by atoms with Crippen molar-refractivity contribution < 1.29 is 9.59 Å². The van der Waals surface area contributed by atoms with Gasteiger partial charge >= 0.3 is 0 Å². The highest BCUT2D eigenvalue weighted by molar-refractivity contribution is 7.21. The van der Waals surface area contributed by atoms with Gasteiger partial charge in [-0.15, -0.1) is 11.3 Å². The fraction of sp³-hybridized carbons (Fsp3) is 0.333. The molecule has 21 heavy (non-hydrogen) atoms. The lowest BCUT2D eigenvalue weighted by Crippen LogP contribution is -2.45. The molecule has 4 nitrogen and oxygen atoms in total. The van der Waals surface area contributed by atoms with Crippen LogP contribution in [0.25, 0.3) is 10.1 Å². The second-order valence-electron chi connectivity index (χ2n) is 5.05. The Labute approximate surface area is 131 Å². The Morgan fingerprint density at radius 3 is 2.95 bits per heavy atom. The van der Waals surface area contributed by atoms with Gasteiger partial charge in [-0.3, -0.25) is 9.59 Å². The first-order chi connectivity index (χ1) is 10.2. The van der Waals surface area contributed by atoms with Crippen molar-refractivity contribution in [1.29, 1.82) is 0 Å². The highest BCUT2D eigenvalue weighted by atomic mass is 35.5. The molecule has 1 aromatic carbocycles.